The van der Waals surface area contributed by atoms with Crippen molar-refractivity contribution in [3.8, 4) is 6.07 Å². The van der Waals surface area contributed by atoms with Crippen molar-refractivity contribution in [3.05, 3.63) is 23.3 Å². The molecule has 2 aromatic rings. The van der Waals surface area contributed by atoms with Gasteiger partial charge in [-0.1, -0.05) is 13.8 Å². The molecule has 1 fully saturated rings. The molecule has 0 radical (unpaired) electrons. The van der Waals surface area contributed by atoms with Gasteiger partial charge in [0.05, 0.1) is 24.5 Å². The summed E-state index contributed by atoms with van der Waals surface area (Å²) in [4.78, 5) is 15.5. The van der Waals surface area contributed by atoms with Crippen molar-refractivity contribution in [2.24, 2.45) is 0 Å². The highest BCUT2D eigenvalue weighted by atomic mass is 19.1. The van der Waals surface area contributed by atoms with E-state index in [2.05, 4.69) is 15.4 Å². The van der Waals surface area contributed by atoms with Gasteiger partial charge in [-0.2, -0.15) is 5.26 Å². The van der Waals surface area contributed by atoms with Gasteiger partial charge in [-0.05, 0) is 18.8 Å². The number of ether oxygens (including phenoxy) is 2. The van der Waals surface area contributed by atoms with E-state index < -0.39 is 11.9 Å². The first-order valence-corrected chi connectivity index (χ1v) is 8.95. The molecule has 1 N–H and O–H groups in total. The summed E-state index contributed by atoms with van der Waals surface area (Å²) in [6.07, 6.45) is 2.25. The van der Waals surface area contributed by atoms with Gasteiger partial charge in [0.1, 0.15) is 23.3 Å². The summed E-state index contributed by atoms with van der Waals surface area (Å²) in [5.41, 5.74) is 0.692. The fraction of sp³-hybridized carbons (Fsp3) is 0.556. The number of halogens is 1. The number of carbonyl (C=O) groups excluding carboxylic acids is 1. The molecule has 1 saturated heterocycles. The Kier molecular flexibility index (Phi) is 5.56. The van der Waals surface area contributed by atoms with Crippen LogP contribution >= 0.6 is 0 Å². The van der Waals surface area contributed by atoms with E-state index in [9.17, 15) is 14.4 Å². The molecule has 3 rings (SSSR count). The third-order valence-electron chi connectivity index (χ3n) is 4.79. The summed E-state index contributed by atoms with van der Waals surface area (Å²) in [5.74, 6) is -0.769. The smallest absolute Gasteiger partial charge is 0.303 e. The lowest BCUT2D eigenvalue weighted by Gasteiger charge is -2.31. The lowest BCUT2D eigenvalue weighted by atomic mass is 10.0. The number of rotatable bonds is 5. The number of aromatic nitrogens is 3. The van der Waals surface area contributed by atoms with Crippen LogP contribution < -0.4 is 5.32 Å². The third kappa shape index (κ3) is 3.71. The number of fused-ring (bicyclic) bond motifs is 1. The van der Waals surface area contributed by atoms with Crippen molar-refractivity contribution in [2.75, 3.05) is 18.5 Å². The van der Waals surface area contributed by atoms with E-state index in [1.54, 1.807) is 0 Å². The molecule has 144 valence electrons. The lowest BCUT2D eigenvalue weighted by molar-refractivity contribution is -0.153. The molecular formula is C18H22FN5O3. The SMILES string of the molecule is CCC(C)c1c(C#N)c(F)c2cnc(N[C@@H]3CCOC[C@H]3OC(C)=O)nn12. The van der Waals surface area contributed by atoms with Crippen molar-refractivity contribution >= 4 is 17.4 Å². The molecule has 27 heavy (non-hydrogen) atoms. The van der Waals surface area contributed by atoms with Gasteiger partial charge in [-0.15, -0.1) is 5.10 Å². The molecule has 0 spiro atoms. The van der Waals surface area contributed by atoms with Crippen molar-refractivity contribution in [1.82, 2.24) is 14.6 Å². The van der Waals surface area contributed by atoms with Gasteiger partial charge in [0.2, 0.25) is 5.95 Å². The standard InChI is InChI=1S/C18H22FN5O3/c1-4-10(2)17-12(7-20)16(19)14-8-21-18(23-24(14)17)22-13-5-6-26-9-15(13)27-11(3)25/h8,10,13,15H,4-6,9H2,1-3H3,(H,22,23)/t10?,13-,15-/m1/s1. The maximum Gasteiger partial charge on any atom is 0.303 e. The molecular weight excluding hydrogens is 353 g/mol. The molecule has 0 aromatic carbocycles. The van der Waals surface area contributed by atoms with Crippen LogP contribution in [-0.2, 0) is 14.3 Å². The topological polar surface area (TPSA) is 102 Å². The quantitative estimate of drug-likeness (QED) is 0.801. The molecule has 1 aliphatic rings. The molecule has 0 bridgehead atoms. The van der Waals surface area contributed by atoms with Gasteiger partial charge in [0, 0.05) is 13.5 Å². The molecule has 0 saturated carbocycles. The van der Waals surface area contributed by atoms with E-state index >= 15 is 0 Å². The molecule has 8 nitrogen and oxygen atoms in total. The maximum absolute atomic E-state index is 14.6. The number of hydrogen-bond donors (Lipinski definition) is 1. The predicted molar refractivity (Wildman–Crippen MR) is 94.8 cm³/mol. The second kappa shape index (κ2) is 7.88. The van der Waals surface area contributed by atoms with E-state index in [4.69, 9.17) is 9.47 Å². The summed E-state index contributed by atoms with van der Waals surface area (Å²) >= 11 is 0. The molecule has 3 atom stereocenters. The van der Waals surface area contributed by atoms with Gasteiger partial charge < -0.3 is 14.8 Å². The Hall–Kier alpha value is -2.73. The third-order valence-corrected chi connectivity index (χ3v) is 4.79. The average Bonchev–Trinajstić information content (AvgIpc) is 2.93. The minimum atomic E-state index is -0.608. The highest BCUT2D eigenvalue weighted by Crippen LogP contribution is 2.29. The van der Waals surface area contributed by atoms with E-state index in [1.165, 1.54) is 17.6 Å². The molecule has 3 heterocycles. The normalized spacial score (nSPS) is 20.9. The van der Waals surface area contributed by atoms with E-state index in [-0.39, 0.29) is 41.6 Å². The van der Waals surface area contributed by atoms with Crippen LogP contribution in [0, 0.1) is 17.1 Å². The van der Waals surface area contributed by atoms with Crippen molar-refractivity contribution in [1.29, 1.82) is 5.26 Å². The molecule has 0 aliphatic carbocycles. The fourth-order valence-electron chi connectivity index (χ4n) is 3.22. The zero-order chi connectivity index (χ0) is 19.6. The summed E-state index contributed by atoms with van der Waals surface area (Å²) in [6, 6.07) is 1.72. The number of nitrogens with zero attached hydrogens (tertiary/aromatic N) is 4. The Balaban J connectivity index is 1.96. The van der Waals surface area contributed by atoms with Crippen LogP contribution in [0.3, 0.4) is 0 Å². The average molecular weight is 375 g/mol. The number of anilines is 1. The summed E-state index contributed by atoms with van der Waals surface area (Å²) in [5, 5.41) is 16.9. The Morgan fingerprint density at radius 3 is 3.07 bits per heavy atom. The van der Waals surface area contributed by atoms with Crippen LogP contribution in [0.5, 0.6) is 0 Å². The summed E-state index contributed by atoms with van der Waals surface area (Å²) < 4.78 is 26.7. The van der Waals surface area contributed by atoms with Crippen molar-refractivity contribution in [3.63, 3.8) is 0 Å². The van der Waals surface area contributed by atoms with E-state index in [0.29, 0.717) is 18.7 Å². The van der Waals surface area contributed by atoms with Crippen molar-refractivity contribution in [2.45, 2.75) is 51.7 Å². The lowest BCUT2D eigenvalue weighted by Crippen LogP contribution is -2.44. The van der Waals surface area contributed by atoms with E-state index in [1.807, 2.05) is 19.9 Å². The largest absolute Gasteiger partial charge is 0.458 e. The number of esters is 1. The maximum atomic E-state index is 14.6. The number of nitrogens with one attached hydrogen (secondary N) is 1. The van der Waals surface area contributed by atoms with Gasteiger partial charge in [0.15, 0.2) is 5.82 Å². The number of hydrogen-bond acceptors (Lipinski definition) is 7. The minimum absolute atomic E-state index is 0.000319. The Morgan fingerprint density at radius 1 is 1.63 bits per heavy atom. The molecule has 1 aliphatic heterocycles. The van der Waals surface area contributed by atoms with Crippen LogP contribution in [0.15, 0.2) is 6.20 Å². The van der Waals surface area contributed by atoms with E-state index in [0.717, 1.165) is 6.42 Å². The van der Waals surface area contributed by atoms with Crippen LogP contribution in [0.25, 0.3) is 5.52 Å². The molecule has 0 amide bonds. The first kappa shape index (κ1) is 19.0. The highest BCUT2D eigenvalue weighted by Gasteiger charge is 2.30. The Bertz CT molecular complexity index is 891. The second-order valence-electron chi connectivity index (χ2n) is 6.64. The molecule has 2 aromatic heterocycles. The summed E-state index contributed by atoms with van der Waals surface area (Å²) in [6.45, 7) is 6.04. The molecule has 1 unspecified atom stereocenters. The van der Waals surface area contributed by atoms with Crippen LogP contribution in [0.2, 0.25) is 0 Å². The van der Waals surface area contributed by atoms with Gasteiger partial charge in [0.25, 0.3) is 0 Å². The van der Waals surface area contributed by atoms with Crippen LogP contribution in [-0.4, -0.2) is 45.9 Å². The Labute approximate surface area is 156 Å². The number of nitriles is 1. The van der Waals surface area contributed by atoms with Gasteiger partial charge >= 0.3 is 5.97 Å². The molecule has 9 heteroatoms. The highest BCUT2D eigenvalue weighted by molar-refractivity contribution is 5.66. The fourth-order valence-corrected chi connectivity index (χ4v) is 3.22. The van der Waals surface area contributed by atoms with Gasteiger partial charge in [-0.25, -0.2) is 13.9 Å². The number of carbonyl (C=O) groups is 1. The minimum Gasteiger partial charge on any atom is -0.458 e. The Morgan fingerprint density at radius 2 is 2.41 bits per heavy atom. The predicted octanol–water partition coefficient (Wildman–Crippen LogP) is 2.39. The summed E-state index contributed by atoms with van der Waals surface area (Å²) in [7, 11) is 0. The van der Waals surface area contributed by atoms with Crippen LogP contribution in [0.1, 0.15) is 50.8 Å². The monoisotopic (exact) mass is 375 g/mol. The first-order chi connectivity index (χ1) is 13.0. The second-order valence-corrected chi connectivity index (χ2v) is 6.64. The van der Waals surface area contributed by atoms with Crippen molar-refractivity contribution < 1.29 is 18.7 Å². The zero-order valence-corrected chi connectivity index (χ0v) is 15.5. The first-order valence-electron chi connectivity index (χ1n) is 8.95. The zero-order valence-electron chi connectivity index (χ0n) is 15.5. The van der Waals surface area contributed by atoms with Crippen LogP contribution in [0.4, 0.5) is 10.3 Å². The van der Waals surface area contributed by atoms with Gasteiger partial charge in [-0.3, -0.25) is 4.79 Å².